The molecule has 1 saturated heterocycles. The van der Waals surface area contributed by atoms with Crippen molar-refractivity contribution in [2.75, 3.05) is 5.75 Å². The molecule has 1 radical (unpaired) electrons. The third kappa shape index (κ3) is 2.30. The number of benzene rings is 1. The van der Waals surface area contributed by atoms with Crippen molar-refractivity contribution in [2.24, 2.45) is 9.98 Å². The van der Waals surface area contributed by atoms with Crippen molar-refractivity contribution < 1.29 is 0 Å². The van der Waals surface area contributed by atoms with Crippen LogP contribution in [0.4, 0.5) is 0 Å². The van der Waals surface area contributed by atoms with E-state index in [1.165, 1.54) is 9.80 Å². The molecule has 0 aliphatic carbocycles. The van der Waals surface area contributed by atoms with Crippen molar-refractivity contribution in [3.05, 3.63) is 44.8 Å². The van der Waals surface area contributed by atoms with E-state index in [1.807, 2.05) is 41.7 Å². The molecule has 17 heavy (non-hydrogen) atoms. The average Bonchev–Trinajstić information content (AvgIpc) is 3.00. The number of nitrogens with zero attached hydrogens (tertiary/aromatic N) is 2. The van der Waals surface area contributed by atoms with E-state index in [1.54, 1.807) is 6.21 Å². The number of aliphatic imine (C=N–C) groups is 2. The third-order valence-electron chi connectivity index (χ3n) is 2.49. The summed E-state index contributed by atoms with van der Waals surface area (Å²) < 4.78 is 1.21. The normalized spacial score (nSPS) is 27.0. The number of halogens is 1. The summed E-state index contributed by atoms with van der Waals surface area (Å²) in [6.45, 7) is 0. The first kappa shape index (κ1) is 11.4. The fourth-order valence-electron chi connectivity index (χ4n) is 1.67. The largest absolute Gasteiger partial charge is 0.231 e. The van der Waals surface area contributed by atoms with E-state index in [4.69, 9.17) is 11.6 Å². The van der Waals surface area contributed by atoms with E-state index >= 15 is 0 Å². The van der Waals surface area contributed by atoms with Gasteiger partial charge in [-0.25, -0.2) is 9.98 Å². The van der Waals surface area contributed by atoms with Gasteiger partial charge in [-0.15, -0.1) is 23.5 Å². The highest BCUT2D eigenvalue weighted by atomic mass is 35.5. The molecule has 1 aromatic carbocycles. The molecule has 0 bridgehead atoms. The lowest BCUT2D eigenvalue weighted by Crippen LogP contribution is -1.92. The van der Waals surface area contributed by atoms with E-state index in [-0.39, 0.29) is 0 Å². The molecule has 2 nitrogen and oxygen atoms in total. The van der Waals surface area contributed by atoms with Gasteiger partial charge in [-0.3, -0.25) is 0 Å². The Hall–Kier alpha value is -0.710. The van der Waals surface area contributed by atoms with Crippen molar-refractivity contribution in [3.8, 4) is 0 Å². The van der Waals surface area contributed by atoms with Gasteiger partial charge >= 0.3 is 0 Å². The summed E-state index contributed by atoms with van der Waals surface area (Å²) in [6, 6.07) is 8.02. The summed E-state index contributed by atoms with van der Waals surface area (Å²) >= 11 is 9.83. The summed E-state index contributed by atoms with van der Waals surface area (Å²) in [7, 11) is 0. The van der Waals surface area contributed by atoms with E-state index in [0.717, 1.165) is 16.5 Å². The fraction of sp³-hybridized carbons (Fsp3) is 0.167. The minimum atomic E-state index is 0.403. The van der Waals surface area contributed by atoms with Crippen LogP contribution in [-0.2, 0) is 0 Å². The van der Waals surface area contributed by atoms with Crippen LogP contribution in [-0.4, -0.2) is 18.3 Å². The van der Waals surface area contributed by atoms with Crippen LogP contribution in [0.5, 0.6) is 0 Å². The van der Waals surface area contributed by atoms with E-state index in [9.17, 15) is 0 Å². The molecule has 5 heteroatoms. The van der Waals surface area contributed by atoms with Gasteiger partial charge in [0, 0.05) is 16.0 Å². The van der Waals surface area contributed by atoms with Crippen LogP contribution in [0.3, 0.4) is 0 Å². The number of rotatable bonds is 1. The molecule has 85 valence electrons. The lowest BCUT2D eigenvalue weighted by Gasteiger charge is -2.09. The SMILES string of the molecule is Clc1ccccc1C1CSC(=C2C=N[C]=N2)S1. The highest BCUT2D eigenvalue weighted by Crippen LogP contribution is 2.52. The van der Waals surface area contributed by atoms with Gasteiger partial charge in [-0.1, -0.05) is 29.8 Å². The van der Waals surface area contributed by atoms with Crippen molar-refractivity contribution in [2.45, 2.75) is 5.25 Å². The Kier molecular flexibility index (Phi) is 3.27. The molecule has 1 fully saturated rings. The quantitative estimate of drug-likeness (QED) is 0.776. The molecular formula is C12H8ClN2S2. The number of allylic oxidation sites excluding steroid dienone is 1. The van der Waals surface area contributed by atoms with Crippen LogP contribution in [0.25, 0.3) is 0 Å². The maximum Gasteiger partial charge on any atom is 0.198 e. The molecule has 0 N–H and O–H groups in total. The zero-order chi connectivity index (χ0) is 11.7. The second-order valence-electron chi connectivity index (χ2n) is 3.58. The molecule has 3 rings (SSSR count). The van der Waals surface area contributed by atoms with Gasteiger partial charge in [-0.05, 0) is 11.6 Å². The monoisotopic (exact) mass is 279 g/mol. The van der Waals surface area contributed by atoms with Crippen LogP contribution >= 0.6 is 35.1 Å². The van der Waals surface area contributed by atoms with Gasteiger partial charge in [0.15, 0.2) is 6.34 Å². The first-order valence-corrected chi connectivity index (χ1v) is 7.36. The maximum atomic E-state index is 6.21. The highest BCUT2D eigenvalue weighted by Gasteiger charge is 2.26. The van der Waals surface area contributed by atoms with Crippen LogP contribution in [0.1, 0.15) is 10.8 Å². The van der Waals surface area contributed by atoms with E-state index in [2.05, 4.69) is 22.4 Å². The Morgan fingerprint density at radius 2 is 2.24 bits per heavy atom. The Bertz CT molecular complexity index is 523. The predicted octanol–water partition coefficient (Wildman–Crippen LogP) is 4.02. The molecular weight excluding hydrogens is 272 g/mol. The first-order valence-electron chi connectivity index (χ1n) is 5.11. The fourth-order valence-corrected chi connectivity index (χ4v) is 4.84. The molecule has 0 amide bonds. The molecule has 1 unspecified atom stereocenters. The summed E-state index contributed by atoms with van der Waals surface area (Å²) in [5.74, 6) is 1.02. The van der Waals surface area contributed by atoms with Gasteiger partial charge in [0.2, 0.25) is 0 Å². The van der Waals surface area contributed by atoms with Crippen molar-refractivity contribution in [1.82, 2.24) is 0 Å². The van der Waals surface area contributed by atoms with Gasteiger partial charge in [0.1, 0.15) is 5.70 Å². The average molecular weight is 280 g/mol. The number of thioether (sulfide) groups is 2. The molecule has 2 heterocycles. The molecule has 1 aromatic rings. The summed E-state index contributed by atoms with van der Waals surface area (Å²) in [6.07, 6.45) is 4.35. The molecule has 1 atom stereocenters. The number of hydrogen-bond acceptors (Lipinski definition) is 4. The first-order chi connectivity index (χ1) is 8.34. The lowest BCUT2D eigenvalue weighted by molar-refractivity contribution is 1.13. The summed E-state index contributed by atoms with van der Waals surface area (Å²) in [5.41, 5.74) is 2.12. The molecule has 0 spiro atoms. The van der Waals surface area contributed by atoms with Crippen molar-refractivity contribution in [3.63, 3.8) is 0 Å². The van der Waals surface area contributed by atoms with Crippen molar-refractivity contribution >= 4 is 47.7 Å². The van der Waals surface area contributed by atoms with E-state index in [0.29, 0.717) is 5.25 Å². The lowest BCUT2D eigenvalue weighted by atomic mass is 10.2. The Balaban J connectivity index is 1.86. The standard InChI is InChI=1S/C12H8ClN2S2/c13-9-4-2-1-3-8(9)11-6-16-12(17-11)10-5-14-7-15-10/h1-5,11H,6H2. The topological polar surface area (TPSA) is 24.7 Å². The maximum absolute atomic E-state index is 6.21. The van der Waals surface area contributed by atoms with Crippen LogP contribution in [0.2, 0.25) is 5.02 Å². The Labute approximate surface area is 113 Å². The predicted molar refractivity (Wildman–Crippen MR) is 77.2 cm³/mol. The second kappa shape index (κ2) is 4.88. The Morgan fingerprint density at radius 1 is 1.35 bits per heavy atom. The molecule has 0 saturated carbocycles. The smallest absolute Gasteiger partial charge is 0.198 e. The Morgan fingerprint density at radius 3 is 3.00 bits per heavy atom. The minimum absolute atomic E-state index is 0.403. The van der Waals surface area contributed by atoms with Crippen LogP contribution in [0.15, 0.2) is 44.2 Å². The van der Waals surface area contributed by atoms with Gasteiger partial charge in [-0.2, -0.15) is 0 Å². The van der Waals surface area contributed by atoms with Crippen LogP contribution < -0.4 is 0 Å². The van der Waals surface area contributed by atoms with Gasteiger partial charge in [0.25, 0.3) is 0 Å². The number of hydrogen-bond donors (Lipinski definition) is 0. The zero-order valence-corrected chi connectivity index (χ0v) is 11.1. The van der Waals surface area contributed by atoms with Gasteiger partial charge in [0.05, 0.1) is 10.5 Å². The zero-order valence-electron chi connectivity index (χ0n) is 8.76. The van der Waals surface area contributed by atoms with Crippen molar-refractivity contribution in [1.29, 1.82) is 0 Å². The minimum Gasteiger partial charge on any atom is -0.231 e. The summed E-state index contributed by atoms with van der Waals surface area (Å²) in [5, 5.41) is 1.24. The molecule has 2 aliphatic heterocycles. The van der Waals surface area contributed by atoms with E-state index < -0.39 is 0 Å². The highest BCUT2D eigenvalue weighted by molar-refractivity contribution is 8.25. The molecule has 0 aromatic heterocycles. The van der Waals surface area contributed by atoms with Crippen LogP contribution in [0, 0.1) is 0 Å². The molecule has 2 aliphatic rings. The third-order valence-corrected chi connectivity index (χ3v) is 5.79. The van der Waals surface area contributed by atoms with Gasteiger partial charge < -0.3 is 0 Å². The second-order valence-corrected chi connectivity index (χ2v) is 6.49. The summed E-state index contributed by atoms with van der Waals surface area (Å²) in [4.78, 5) is 7.97.